The number of H-pyrrole nitrogens is 1. The Labute approximate surface area is 213 Å². The third-order valence-electron chi connectivity index (χ3n) is 6.97. The Kier molecular flexibility index (Phi) is 5.91. The number of aromatic amines is 1. The molecule has 2 aliphatic rings. The highest BCUT2D eigenvalue weighted by Gasteiger charge is 2.47. The highest BCUT2D eigenvalue weighted by molar-refractivity contribution is 6.34. The van der Waals surface area contributed by atoms with Gasteiger partial charge in [-0.05, 0) is 41.0 Å². The minimum Gasteiger partial charge on any atom is -0.456 e. The summed E-state index contributed by atoms with van der Waals surface area (Å²) in [5.41, 5.74) is 6.17. The molecule has 0 bridgehead atoms. The van der Waals surface area contributed by atoms with Crippen LogP contribution in [0.15, 0.2) is 60.7 Å². The number of fused-ring (bicyclic) bond motifs is 2. The summed E-state index contributed by atoms with van der Waals surface area (Å²) in [5.74, 6) is 0.269. The van der Waals surface area contributed by atoms with E-state index in [0.717, 1.165) is 33.3 Å². The van der Waals surface area contributed by atoms with Crippen LogP contribution in [0.2, 0.25) is 5.02 Å². The van der Waals surface area contributed by atoms with Crippen molar-refractivity contribution >= 4 is 28.5 Å². The fourth-order valence-corrected chi connectivity index (χ4v) is 5.26. The molecule has 8 heteroatoms. The molecular formula is C28H26ClN3O4. The number of imidazole rings is 1. The fourth-order valence-electron chi connectivity index (χ4n) is 4.98. The van der Waals surface area contributed by atoms with Gasteiger partial charge in [0.15, 0.2) is 6.10 Å². The molecule has 2 N–H and O–H groups in total. The molecule has 0 aliphatic carbocycles. The number of benzene rings is 3. The van der Waals surface area contributed by atoms with Gasteiger partial charge in [-0.25, -0.2) is 0 Å². The lowest BCUT2D eigenvalue weighted by atomic mass is 9.99. The van der Waals surface area contributed by atoms with Crippen LogP contribution >= 0.6 is 11.6 Å². The Morgan fingerprint density at radius 1 is 1.00 bits per heavy atom. The molecule has 0 radical (unpaired) electrons. The number of rotatable bonds is 5. The van der Waals surface area contributed by atoms with E-state index < -0.39 is 0 Å². The smallest absolute Gasteiger partial charge is 0.295 e. The molecule has 2 saturated heterocycles. The normalized spacial score (nSPS) is 23.1. The van der Waals surface area contributed by atoms with E-state index in [4.69, 9.17) is 25.8 Å². The van der Waals surface area contributed by atoms with Crippen molar-refractivity contribution in [2.45, 2.75) is 25.2 Å². The minimum absolute atomic E-state index is 0.0640. The van der Waals surface area contributed by atoms with Gasteiger partial charge in [0.2, 0.25) is 0 Å². The van der Waals surface area contributed by atoms with E-state index in [-0.39, 0.29) is 24.2 Å². The van der Waals surface area contributed by atoms with Crippen molar-refractivity contribution < 1.29 is 19.0 Å². The second-order valence-corrected chi connectivity index (χ2v) is 9.76. The van der Waals surface area contributed by atoms with Gasteiger partial charge in [-0.15, -0.1) is 0 Å². The Morgan fingerprint density at radius 2 is 1.67 bits per heavy atom. The standard InChI is InChI=1S/C28H26ClN3O4/c1-15-13-34-26-24(14-35-25(15)26)36-28-31-22-11-20(21(29)12-23(22)32-28)18-7-3-16(4-8-18)17-5-9-19(10-6-17)27(33)30-2/h3-12,15,24-26H,13-14H2,1-2H3,(H,30,33)(H,31,32)/t15-,24-,25-,26-/m1/s1. The van der Waals surface area contributed by atoms with E-state index >= 15 is 0 Å². The molecule has 2 aliphatic heterocycles. The maximum atomic E-state index is 11.8. The molecule has 0 spiro atoms. The summed E-state index contributed by atoms with van der Waals surface area (Å²) in [4.78, 5) is 19.7. The van der Waals surface area contributed by atoms with Gasteiger partial charge in [-0.3, -0.25) is 4.79 Å². The van der Waals surface area contributed by atoms with Crippen molar-refractivity contribution in [1.29, 1.82) is 0 Å². The third-order valence-corrected chi connectivity index (χ3v) is 7.28. The van der Waals surface area contributed by atoms with Crippen molar-refractivity contribution in [1.82, 2.24) is 15.3 Å². The summed E-state index contributed by atoms with van der Waals surface area (Å²) >= 11 is 6.66. The number of nitrogens with one attached hydrogen (secondary N) is 2. The monoisotopic (exact) mass is 503 g/mol. The molecule has 6 rings (SSSR count). The van der Waals surface area contributed by atoms with Crippen LogP contribution < -0.4 is 10.1 Å². The summed E-state index contributed by atoms with van der Waals surface area (Å²) in [5, 5.41) is 3.26. The second-order valence-electron chi connectivity index (χ2n) is 9.35. The molecule has 4 aromatic rings. The van der Waals surface area contributed by atoms with Crippen LogP contribution in [0.5, 0.6) is 6.01 Å². The topological polar surface area (TPSA) is 85.5 Å². The van der Waals surface area contributed by atoms with Gasteiger partial charge in [0.25, 0.3) is 11.9 Å². The number of hydrogen-bond acceptors (Lipinski definition) is 5. The minimum atomic E-state index is -0.187. The maximum absolute atomic E-state index is 11.8. The number of carbonyl (C=O) groups excluding carboxylic acids is 1. The number of hydrogen-bond donors (Lipinski definition) is 2. The van der Waals surface area contributed by atoms with Crippen LogP contribution in [-0.4, -0.2) is 54.4 Å². The molecule has 2 fully saturated rings. The van der Waals surface area contributed by atoms with E-state index in [1.54, 1.807) is 7.05 Å². The molecule has 7 nitrogen and oxygen atoms in total. The average Bonchev–Trinajstić information content (AvgIpc) is 3.60. The summed E-state index contributed by atoms with van der Waals surface area (Å²) in [6.07, 6.45) is -0.170. The Morgan fingerprint density at radius 3 is 2.39 bits per heavy atom. The molecule has 36 heavy (non-hydrogen) atoms. The predicted octanol–water partition coefficient (Wildman–Crippen LogP) is 5.09. The predicted molar refractivity (Wildman–Crippen MR) is 138 cm³/mol. The molecule has 0 unspecified atom stereocenters. The van der Waals surface area contributed by atoms with Crippen LogP contribution in [0, 0.1) is 5.92 Å². The van der Waals surface area contributed by atoms with Gasteiger partial charge in [-0.2, -0.15) is 4.98 Å². The van der Waals surface area contributed by atoms with Gasteiger partial charge < -0.3 is 24.5 Å². The lowest BCUT2D eigenvalue weighted by molar-refractivity contribution is 0.0262. The molecule has 3 aromatic carbocycles. The number of ether oxygens (including phenoxy) is 3. The van der Waals surface area contributed by atoms with Crippen LogP contribution in [0.1, 0.15) is 17.3 Å². The lowest BCUT2D eigenvalue weighted by Crippen LogP contribution is -2.33. The first kappa shape index (κ1) is 23.0. The lowest BCUT2D eigenvalue weighted by Gasteiger charge is -2.15. The average molecular weight is 504 g/mol. The third kappa shape index (κ3) is 4.13. The van der Waals surface area contributed by atoms with Crippen LogP contribution in [0.25, 0.3) is 33.3 Å². The zero-order valence-corrected chi connectivity index (χ0v) is 20.7. The highest BCUT2D eigenvalue weighted by atomic mass is 35.5. The number of amides is 1. The number of nitrogens with zero attached hydrogens (tertiary/aromatic N) is 1. The molecule has 0 saturated carbocycles. The van der Waals surface area contributed by atoms with E-state index in [1.165, 1.54) is 0 Å². The maximum Gasteiger partial charge on any atom is 0.295 e. The van der Waals surface area contributed by atoms with E-state index in [0.29, 0.717) is 35.7 Å². The first-order chi connectivity index (χ1) is 17.5. The molecule has 1 amide bonds. The molecule has 3 heterocycles. The zero-order chi connectivity index (χ0) is 24.8. The quantitative estimate of drug-likeness (QED) is 0.396. The number of carbonyl (C=O) groups is 1. The second kappa shape index (κ2) is 9.24. The van der Waals surface area contributed by atoms with Crippen molar-refractivity contribution in [2.75, 3.05) is 20.3 Å². The molecule has 4 atom stereocenters. The van der Waals surface area contributed by atoms with Gasteiger partial charge in [0.05, 0.1) is 35.4 Å². The SMILES string of the molecule is CNC(=O)c1ccc(-c2ccc(-c3cc4nc(O[C@@H]5CO[C@H]6[C@@H]5OC[C@H]6C)[nH]c4cc3Cl)cc2)cc1. The largest absolute Gasteiger partial charge is 0.456 e. The van der Waals surface area contributed by atoms with Crippen molar-refractivity contribution in [3.63, 3.8) is 0 Å². The Bertz CT molecular complexity index is 1420. The first-order valence-electron chi connectivity index (χ1n) is 12.0. The van der Waals surface area contributed by atoms with Crippen molar-refractivity contribution in [2.24, 2.45) is 5.92 Å². The summed E-state index contributed by atoms with van der Waals surface area (Å²) in [6, 6.07) is 20.0. The van der Waals surface area contributed by atoms with Gasteiger partial charge >= 0.3 is 0 Å². The zero-order valence-electron chi connectivity index (χ0n) is 20.0. The summed E-state index contributed by atoms with van der Waals surface area (Å²) in [7, 11) is 1.62. The van der Waals surface area contributed by atoms with Crippen LogP contribution in [0.4, 0.5) is 0 Å². The van der Waals surface area contributed by atoms with Gasteiger partial charge in [0.1, 0.15) is 6.10 Å². The molecular weight excluding hydrogens is 478 g/mol. The first-order valence-corrected chi connectivity index (χ1v) is 12.4. The number of aromatic nitrogens is 2. The number of halogens is 1. The van der Waals surface area contributed by atoms with Crippen molar-refractivity contribution in [3.05, 3.63) is 71.2 Å². The Balaban J connectivity index is 1.22. The van der Waals surface area contributed by atoms with E-state index in [2.05, 4.69) is 22.2 Å². The van der Waals surface area contributed by atoms with E-state index in [9.17, 15) is 4.79 Å². The summed E-state index contributed by atoms with van der Waals surface area (Å²) in [6.45, 7) is 3.31. The van der Waals surface area contributed by atoms with E-state index in [1.807, 2.05) is 60.7 Å². The fraction of sp³-hybridized carbons (Fsp3) is 0.286. The molecule has 1 aromatic heterocycles. The van der Waals surface area contributed by atoms with Gasteiger partial charge in [-0.1, -0.05) is 54.9 Å². The van der Waals surface area contributed by atoms with Crippen molar-refractivity contribution in [3.8, 4) is 28.3 Å². The molecule has 184 valence electrons. The highest BCUT2D eigenvalue weighted by Crippen LogP contribution is 2.35. The summed E-state index contributed by atoms with van der Waals surface area (Å²) < 4.78 is 17.9. The Hall–Kier alpha value is -3.39. The van der Waals surface area contributed by atoms with Crippen LogP contribution in [0.3, 0.4) is 0 Å². The van der Waals surface area contributed by atoms with Gasteiger partial charge in [0, 0.05) is 24.1 Å². The van der Waals surface area contributed by atoms with Crippen LogP contribution in [-0.2, 0) is 9.47 Å².